The number of nitrogens with zero attached hydrogens (tertiary/aromatic N) is 2. The van der Waals surface area contributed by atoms with Gasteiger partial charge in [-0.25, -0.2) is 10.4 Å². The smallest absolute Gasteiger partial charge is 0.271 e. The number of rotatable bonds is 8. The number of thiazole rings is 1. The molecular weight excluding hydrogens is 512 g/mol. The van der Waals surface area contributed by atoms with E-state index < -0.39 is 0 Å². The van der Waals surface area contributed by atoms with Gasteiger partial charge >= 0.3 is 0 Å². The molecule has 8 heteroatoms. The van der Waals surface area contributed by atoms with Crippen molar-refractivity contribution in [2.45, 2.75) is 0 Å². The Bertz CT molecular complexity index is 1350. The number of hydrogen-bond donors (Lipinski definition) is 2. The number of carbonyl (C=O) groups is 1. The summed E-state index contributed by atoms with van der Waals surface area (Å²) < 4.78 is 6.15. The molecular formula is C26H19BrN4O2S. The van der Waals surface area contributed by atoms with E-state index in [0.29, 0.717) is 11.3 Å². The minimum Gasteiger partial charge on any atom is -0.480 e. The number of amides is 1. The highest BCUT2D eigenvalue weighted by Crippen LogP contribution is 2.27. The van der Waals surface area contributed by atoms with Crippen molar-refractivity contribution in [3.05, 3.63) is 93.8 Å². The number of aromatic nitrogens is 1. The van der Waals surface area contributed by atoms with E-state index in [1.807, 2.05) is 60.0 Å². The van der Waals surface area contributed by atoms with Crippen LogP contribution in [-0.4, -0.2) is 23.7 Å². The molecule has 168 valence electrons. The third-order valence-electron chi connectivity index (χ3n) is 4.62. The van der Waals surface area contributed by atoms with Crippen LogP contribution in [-0.2, 0) is 0 Å². The van der Waals surface area contributed by atoms with Crippen molar-refractivity contribution in [1.82, 2.24) is 10.4 Å². The molecule has 0 aliphatic heterocycles. The maximum absolute atomic E-state index is 12.4. The Balaban J connectivity index is 1.34. The van der Waals surface area contributed by atoms with Gasteiger partial charge in [-0.2, -0.15) is 5.10 Å². The lowest BCUT2D eigenvalue weighted by molar-refractivity contribution is 0.0955. The monoisotopic (exact) mass is 530 g/mol. The molecule has 2 N–H and O–H groups in total. The summed E-state index contributed by atoms with van der Waals surface area (Å²) in [5, 5.41) is 10.1. The predicted octanol–water partition coefficient (Wildman–Crippen LogP) is 6.09. The number of hydrazone groups is 1. The molecule has 0 saturated heterocycles. The Morgan fingerprint density at radius 3 is 2.68 bits per heavy atom. The van der Waals surface area contributed by atoms with Gasteiger partial charge in [0, 0.05) is 22.2 Å². The lowest BCUT2D eigenvalue weighted by Crippen LogP contribution is -2.17. The molecule has 0 atom stereocenters. The second-order valence-electron chi connectivity index (χ2n) is 6.99. The number of ether oxygens (including phenoxy) is 1. The molecule has 0 aliphatic rings. The quantitative estimate of drug-likeness (QED) is 0.164. The Morgan fingerprint density at radius 2 is 1.94 bits per heavy atom. The average molecular weight is 531 g/mol. The van der Waals surface area contributed by atoms with Gasteiger partial charge in [-0.15, -0.1) is 17.8 Å². The van der Waals surface area contributed by atoms with Gasteiger partial charge < -0.3 is 10.1 Å². The van der Waals surface area contributed by atoms with Gasteiger partial charge in [-0.05, 0) is 64.0 Å². The topological polar surface area (TPSA) is 75.6 Å². The number of halogens is 1. The van der Waals surface area contributed by atoms with E-state index in [9.17, 15) is 4.79 Å². The third kappa shape index (κ3) is 6.10. The summed E-state index contributed by atoms with van der Waals surface area (Å²) in [7, 11) is 0. The average Bonchev–Trinajstić information content (AvgIpc) is 3.32. The maximum atomic E-state index is 12.4. The SMILES string of the molecule is C#CCOc1ccc(/C=N\NC(=O)c2ccc(-c3csc(Nc4ccccc4)n3)cc2)cc1Br. The van der Waals surface area contributed by atoms with Crippen molar-refractivity contribution in [2.24, 2.45) is 5.10 Å². The van der Waals surface area contributed by atoms with Crippen LogP contribution in [0.15, 0.2) is 87.8 Å². The van der Waals surface area contributed by atoms with Gasteiger partial charge in [0.05, 0.1) is 16.4 Å². The zero-order chi connectivity index (χ0) is 23.8. The molecule has 4 aromatic rings. The van der Waals surface area contributed by atoms with E-state index in [1.54, 1.807) is 24.4 Å². The second kappa shape index (κ2) is 11.3. The second-order valence-corrected chi connectivity index (χ2v) is 8.70. The summed E-state index contributed by atoms with van der Waals surface area (Å²) in [6.45, 7) is 0.190. The standard InChI is InChI=1S/C26H19BrN4O2S/c1-2-14-33-24-13-8-18(15-22(24)27)16-28-31-25(32)20-11-9-19(10-12-20)23-17-34-26(30-23)29-21-6-4-3-5-7-21/h1,3-13,15-17H,14H2,(H,29,30)(H,31,32)/b28-16-. The fraction of sp³-hybridized carbons (Fsp3) is 0.0385. The molecule has 0 fully saturated rings. The molecule has 1 aromatic heterocycles. The number of para-hydroxylation sites is 1. The first kappa shape index (κ1) is 23.2. The number of nitrogens with one attached hydrogen (secondary N) is 2. The van der Waals surface area contributed by atoms with E-state index in [1.165, 1.54) is 11.3 Å². The molecule has 0 saturated carbocycles. The lowest BCUT2D eigenvalue weighted by atomic mass is 10.1. The minimum absolute atomic E-state index is 0.190. The van der Waals surface area contributed by atoms with Gasteiger partial charge in [-0.3, -0.25) is 4.79 Å². The largest absolute Gasteiger partial charge is 0.480 e. The lowest BCUT2D eigenvalue weighted by Gasteiger charge is -2.05. The molecule has 0 bridgehead atoms. The Hall–Kier alpha value is -3.93. The fourth-order valence-corrected chi connectivity index (χ4v) is 4.22. The van der Waals surface area contributed by atoms with Crippen LogP contribution in [0.2, 0.25) is 0 Å². The molecule has 0 spiro atoms. The van der Waals surface area contributed by atoms with Crippen molar-refractivity contribution >= 4 is 50.2 Å². The summed E-state index contributed by atoms with van der Waals surface area (Å²) in [4.78, 5) is 17.1. The van der Waals surface area contributed by atoms with E-state index in [2.05, 4.69) is 42.7 Å². The highest BCUT2D eigenvalue weighted by Gasteiger charge is 2.08. The number of carbonyl (C=O) groups excluding carboxylic acids is 1. The number of terminal acetylenes is 1. The van der Waals surface area contributed by atoms with Gasteiger partial charge in [-0.1, -0.05) is 36.3 Å². The van der Waals surface area contributed by atoms with Crippen molar-refractivity contribution < 1.29 is 9.53 Å². The molecule has 0 radical (unpaired) electrons. The Kier molecular flexibility index (Phi) is 7.71. The zero-order valence-electron chi connectivity index (χ0n) is 17.9. The van der Waals surface area contributed by atoms with Crippen LogP contribution in [0.5, 0.6) is 5.75 Å². The highest BCUT2D eigenvalue weighted by atomic mass is 79.9. The predicted molar refractivity (Wildman–Crippen MR) is 141 cm³/mol. The molecule has 34 heavy (non-hydrogen) atoms. The van der Waals surface area contributed by atoms with Crippen LogP contribution in [0.4, 0.5) is 10.8 Å². The number of benzene rings is 3. The van der Waals surface area contributed by atoms with E-state index >= 15 is 0 Å². The van der Waals surface area contributed by atoms with Crippen LogP contribution in [0.25, 0.3) is 11.3 Å². The zero-order valence-corrected chi connectivity index (χ0v) is 20.3. The summed E-state index contributed by atoms with van der Waals surface area (Å²) in [6.07, 6.45) is 6.76. The van der Waals surface area contributed by atoms with Crippen molar-refractivity contribution in [3.63, 3.8) is 0 Å². The highest BCUT2D eigenvalue weighted by molar-refractivity contribution is 9.10. The van der Waals surface area contributed by atoms with E-state index in [0.717, 1.165) is 32.1 Å². The summed E-state index contributed by atoms with van der Waals surface area (Å²) in [5.74, 6) is 2.76. The van der Waals surface area contributed by atoms with Gasteiger partial charge in [0.25, 0.3) is 5.91 Å². The molecule has 1 heterocycles. The third-order valence-corrected chi connectivity index (χ3v) is 6.00. The van der Waals surface area contributed by atoms with Crippen LogP contribution in [0.3, 0.4) is 0 Å². The van der Waals surface area contributed by atoms with Crippen LogP contribution < -0.4 is 15.5 Å². The van der Waals surface area contributed by atoms with Crippen LogP contribution in [0.1, 0.15) is 15.9 Å². The first-order chi connectivity index (χ1) is 16.6. The van der Waals surface area contributed by atoms with Gasteiger partial charge in [0.2, 0.25) is 0 Å². The minimum atomic E-state index is -0.305. The Labute approximate surface area is 209 Å². The van der Waals surface area contributed by atoms with Gasteiger partial charge in [0.1, 0.15) is 12.4 Å². The first-order valence-electron chi connectivity index (χ1n) is 10.2. The van der Waals surface area contributed by atoms with Crippen LogP contribution >= 0.6 is 27.3 Å². The Morgan fingerprint density at radius 1 is 1.15 bits per heavy atom. The number of hydrogen-bond acceptors (Lipinski definition) is 6. The first-order valence-corrected chi connectivity index (χ1v) is 11.9. The molecule has 3 aromatic carbocycles. The summed E-state index contributed by atoms with van der Waals surface area (Å²) >= 11 is 4.95. The van der Waals surface area contributed by atoms with Gasteiger partial charge in [0.15, 0.2) is 5.13 Å². The number of anilines is 2. The summed E-state index contributed by atoms with van der Waals surface area (Å²) in [6, 6.07) is 22.5. The molecule has 1 amide bonds. The summed E-state index contributed by atoms with van der Waals surface area (Å²) in [5.41, 5.74) is 6.58. The molecule has 4 rings (SSSR count). The van der Waals surface area contributed by atoms with Crippen molar-refractivity contribution in [2.75, 3.05) is 11.9 Å². The van der Waals surface area contributed by atoms with Crippen LogP contribution in [0, 0.1) is 12.3 Å². The van der Waals surface area contributed by atoms with E-state index in [-0.39, 0.29) is 12.5 Å². The van der Waals surface area contributed by atoms with Crippen molar-refractivity contribution in [1.29, 1.82) is 0 Å². The normalized spacial score (nSPS) is 10.6. The molecule has 0 aliphatic carbocycles. The molecule has 0 unspecified atom stereocenters. The maximum Gasteiger partial charge on any atom is 0.271 e. The van der Waals surface area contributed by atoms with Crippen molar-refractivity contribution in [3.8, 4) is 29.4 Å². The fourth-order valence-electron chi connectivity index (χ4n) is 2.96. The molecule has 6 nitrogen and oxygen atoms in total. The van der Waals surface area contributed by atoms with E-state index in [4.69, 9.17) is 11.2 Å².